The largest absolute Gasteiger partial charge is 0.496 e. The van der Waals surface area contributed by atoms with Crippen LogP contribution in [0.1, 0.15) is 13.8 Å². The molecule has 3 aliphatic heterocycles. The minimum atomic E-state index is -0.867. The molecule has 0 fully saturated rings. The minimum absolute atomic E-state index is 0.364. The number of amides is 2. The number of hydrogen-bond donors (Lipinski definition) is 0. The van der Waals surface area contributed by atoms with Crippen molar-refractivity contribution in [1.29, 1.82) is 0 Å². The predicted octanol–water partition coefficient (Wildman–Crippen LogP) is 2.64. The number of anilines is 1. The van der Waals surface area contributed by atoms with Crippen LogP contribution in [0.5, 0.6) is 5.75 Å². The number of methoxy groups -OCH3 is 1. The van der Waals surface area contributed by atoms with Crippen LogP contribution in [0.3, 0.4) is 0 Å². The molecule has 2 amide bonds. The van der Waals surface area contributed by atoms with Crippen LogP contribution in [0.25, 0.3) is 11.5 Å². The minimum Gasteiger partial charge on any atom is -0.496 e. The topological polar surface area (TPSA) is 81.9 Å². The summed E-state index contributed by atoms with van der Waals surface area (Å²) in [4.78, 5) is 31.5. The van der Waals surface area contributed by atoms with Gasteiger partial charge in [0, 0.05) is 6.07 Å². The van der Waals surface area contributed by atoms with E-state index in [1.807, 2.05) is 12.2 Å². The molecule has 0 saturated carbocycles. The molecule has 2 bridgehead atoms. The first-order chi connectivity index (χ1) is 12.9. The first kappa shape index (κ1) is 16.0. The Balaban J connectivity index is 1.58. The Bertz CT molecular complexity index is 1030. The van der Waals surface area contributed by atoms with E-state index in [0.29, 0.717) is 34.0 Å². The number of aromatic nitrogens is 1. The van der Waals surface area contributed by atoms with Crippen LogP contribution < -0.4 is 9.64 Å². The van der Waals surface area contributed by atoms with Crippen molar-refractivity contribution in [3.05, 3.63) is 54.0 Å². The number of rotatable bonds is 3. The summed E-state index contributed by atoms with van der Waals surface area (Å²) < 4.78 is 16.7. The van der Waals surface area contributed by atoms with E-state index in [0.717, 1.165) is 0 Å². The highest BCUT2D eigenvalue weighted by Gasteiger charge is 2.62. The Morgan fingerprint density at radius 3 is 2.30 bits per heavy atom. The third-order valence-electron chi connectivity index (χ3n) is 5.33. The van der Waals surface area contributed by atoms with Gasteiger partial charge in [-0.15, -0.1) is 0 Å². The maximum Gasteiger partial charge on any atom is 0.265 e. The number of carbonyl (C=O) groups excluding carboxylic acids is 2. The lowest BCUT2D eigenvalue weighted by Gasteiger charge is -2.27. The van der Waals surface area contributed by atoms with Crippen LogP contribution in [0.4, 0.5) is 5.69 Å². The highest BCUT2D eigenvalue weighted by molar-refractivity contribution is 6.35. The molecule has 3 aliphatic rings. The van der Waals surface area contributed by atoms with Gasteiger partial charge in [-0.2, -0.15) is 0 Å². The zero-order valence-electron chi connectivity index (χ0n) is 15.0. The van der Waals surface area contributed by atoms with E-state index in [-0.39, 0.29) is 11.8 Å². The van der Waals surface area contributed by atoms with E-state index in [1.165, 1.54) is 24.5 Å². The van der Waals surface area contributed by atoms with E-state index < -0.39 is 11.2 Å². The molecule has 2 unspecified atom stereocenters. The highest BCUT2D eigenvalue weighted by atomic mass is 16.5. The maximum absolute atomic E-state index is 13.1. The zero-order valence-corrected chi connectivity index (χ0v) is 15.0. The zero-order chi connectivity index (χ0) is 19.0. The highest BCUT2D eigenvalue weighted by Crippen LogP contribution is 2.53. The fourth-order valence-electron chi connectivity index (χ4n) is 4.13. The van der Waals surface area contributed by atoms with Crippen molar-refractivity contribution in [2.24, 2.45) is 0 Å². The predicted molar refractivity (Wildman–Crippen MR) is 95.0 cm³/mol. The number of oxazole rings is 1. The average molecular weight is 364 g/mol. The second-order valence-corrected chi connectivity index (χ2v) is 7.07. The number of fused-ring (bicyclic) bond motifs is 4. The standard InChI is InChI=1S/C20H16N2O5/c1-19-6-7-20(2,27-19)15-14(19)17(23)22(18(15)24)11-4-5-12(13(10-11)25-3)16-21-8-9-26-16/h4-10H,1-3H3. The summed E-state index contributed by atoms with van der Waals surface area (Å²) in [5, 5.41) is 0. The summed E-state index contributed by atoms with van der Waals surface area (Å²) in [6.45, 7) is 3.61. The van der Waals surface area contributed by atoms with Crippen LogP contribution in [-0.2, 0) is 14.3 Å². The molecule has 0 spiro atoms. The third kappa shape index (κ3) is 1.92. The first-order valence-electron chi connectivity index (χ1n) is 8.50. The van der Waals surface area contributed by atoms with E-state index in [1.54, 1.807) is 32.0 Å². The number of hydrogen-bond acceptors (Lipinski definition) is 6. The van der Waals surface area contributed by atoms with Crippen LogP contribution in [0.15, 0.2) is 58.4 Å². The van der Waals surface area contributed by atoms with Gasteiger partial charge < -0.3 is 13.9 Å². The van der Waals surface area contributed by atoms with Gasteiger partial charge in [0.2, 0.25) is 5.89 Å². The average Bonchev–Trinajstić information content (AvgIpc) is 3.37. The van der Waals surface area contributed by atoms with Gasteiger partial charge in [-0.3, -0.25) is 9.59 Å². The van der Waals surface area contributed by atoms with Gasteiger partial charge in [-0.25, -0.2) is 9.88 Å². The van der Waals surface area contributed by atoms with Crippen molar-refractivity contribution in [2.45, 2.75) is 25.0 Å². The van der Waals surface area contributed by atoms with Crippen LogP contribution in [0.2, 0.25) is 0 Å². The molecule has 1 aromatic carbocycles. The number of ether oxygens (including phenoxy) is 2. The lowest BCUT2D eigenvalue weighted by atomic mass is 9.85. The molecular formula is C20H16N2O5. The Morgan fingerprint density at radius 2 is 1.74 bits per heavy atom. The molecule has 1 aromatic heterocycles. The molecule has 0 radical (unpaired) electrons. The van der Waals surface area contributed by atoms with Gasteiger partial charge in [-0.1, -0.05) is 0 Å². The van der Waals surface area contributed by atoms with Crippen molar-refractivity contribution < 1.29 is 23.5 Å². The van der Waals surface area contributed by atoms with Gasteiger partial charge in [0.15, 0.2) is 0 Å². The monoisotopic (exact) mass is 364 g/mol. The molecule has 2 atom stereocenters. The molecule has 136 valence electrons. The van der Waals surface area contributed by atoms with Gasteiger partial charge in [0.1, 0.15) is 23.2 Å². The van der Waals surface area contributed by atoms with Crippen molar-refractivity contribution in [3.63, 3.8) is 0 Å². The summed E-state index contributed by atoms with van der Waals surface area (Å²) in [7, 11) is 1.51. The summed E-state index contributed by atoms with van der Waals surface area (Å²) in [6, 6.07) is 5.04. The third-order valence-corrected chi connectivity index (χ3v) is 5.33. The SMILES string of the molecule is COc1cc(N2C(=O)C3=C(C2=O)C2(C)C=CC3(C)O2)ccc1-c1ncco1. The number of imide groups is 1. The van der Waals surface area contributed by atoms with Crippen molar-refractivity contribution in [1.82, 2.24) is 4.98 Å². The Kier molecular flexibility index (Phi) is 2.94. The Labute approximate surface area is 154 Å². The quantitative estimate of drug-likeness (QED) is 0.615. The lowest BCUT2D eigenvalue weighted by molar-refractivity contribution is -0.123. The molecular weight excluding hydrogens is 348 g/mol. The molecule has 0 N–H and O–H groups in total. The molecule has 27 heavy (non-hydrogen) atoms. The van der Waals surface area contributed by atoms with E-state index in [9.17, 15) is 9.59 Å². The second-order valence-electron chi connectivity index (χ2n) is 7.07. The van der Waals surface area contributed by atoms with Crippen molar-refractivity contribution in [3.8, 4) is 17.2 Å². The van der Waals surface area contributed by atoms with Crippen molar-refractivity contribution >= 4 is 17.5 Å². The lowest BCUT2D eigenvalue weighted by Crippen LogP contribution is -2.40. The Morgan fingerprint density at radius 1 is 1.07 bits per heavy atom. The van der Waals surface area contributed by atoms with Crippen LogP contribution in [0, 0.1) is 0 Å². The fraction of sp³-hybridized carbons (Fsp3) is 0.250. The van der Waals surface area contributed by atoms with E-state index in [2.05, 4.69) is 4.98 Å². The number of nitrogens with zero attached hydrogens (tertiary/aromatic N) is 2. The van der Waals surface area contributed by atoms with E-state index >= 15 is 0 Å². The summed E-state index contributed by atoms with van der Waals surface area (Å²) in [5.41, 5.74) is 0.149. The fourth-order valence-corrected chi connectivity index (χ4v) is 4.13. The second kappa shape index (κ2) is 4.95. The summed E-state index contributed by atoms with van der Waals surface area (Å²) in [5.74, 6) is 0.124. The molecule has 4 heterocycles. The molecule has 2 aromatic rings. The summed E-state index contributed by atoms with van der Waals surface area (Å²) in [6.07, 6.45) is 6.68. The smallest absolute Gasteiger partial charge is 0.265 e. The molecule has 0 saturated heterocycles. The molecule has 0 aliphatic carbocycles. The van der Waals surface area contributed by atoms with E-state index in [4.69, 9.17) is 13.9 Å². The van der Waals surface area contributed by atoms with Crippen molar-refractivity contribution in [2.75, 3.05) is 12.0 Å². The molecule has 7 heteroatoms. The first-order valence-corrected chi connectivity index (χ1v) is 8.50. The number of carbonyl (C=O) groups is 2. The van der Waals surface area contributed by atoms with Gasteiger partial charge in [-0.05, 0) is 38.1 Å². The van der Waals surface area contributed by atoms with Gasteiger partial charge in [0.05, 0.1) is 35.7 Å². The van der Waals surface area contributed by atoms with Crippen LogP contribution >= 0.6 is 0 Å². The van der Waals surface area contributed by atoms with Crippen LogP contribution in [-0.4, -0.2) is 35.1 Å². The molecule has 5 rings (SSSR count). The maximum atomic E-state index is 13.1. The number of benzene rings is 1. The summed E-state index contributed by atoms with van der Waals surface area (Å²) >= 11 is 0. The molecule has 7 nitrogen and oxygen atoms in total. The van der Waals surface area contributed by atoms with Gasteiger partial charge in [0.25, 0.3) is 11.8 Å². The normalized spacial score (nSPS) is 28.5. The van der Waals surface area contributed by atoms with Gasteiger partial charge >= 0.3 is 0 Å². The Hall–Kier alpha value is -3.19.